The van der Waals surface area contributed by atoms with Gasteiger partial charge in [0, 0.05) is 35.6 Å². The molecule has 0 aliphatic heterocycles. The summed E-state index contributed by atoms with van der Waals surface area (Å²) in [5, 5.41) is 3.86. The Balaban J connectivity index is 1.55. The number of aromatic amines is 1. The van der Waals surface area contributed by atoms with Gasteiger partial charge in [0.15, 0.2) is 0 Å². The second-order valence-corrected chi connectivity index (χ2v) is 8.59. The predicted molar refractivity (Wildman–Crippen MR) is 125 cm³/mol. The van der Waals surface area contributed by atoms with Crippen LogP contribution >= 0.6 is 0 Å². The zero-order valence-corrected chi connectivity index (χ0v) is 18.1. The lowest BCUT2D eigenvalue weighted by atomic mass is 9.96. The van der Waals surface area contributed by atoms with Crippen molar-refractivity contribution in [2.45, 2.75) is 31.8 Å². The quantitative estimate of drug-likeness (QED) is 0.388. The van der Waals surface area contributed by atoms with Crippen LogP contribution in [0.1, 0.15) is 41.5 Å². The van der Waals surface area contributed by atoms with E-state index < -0.39 is 0 Å². The Morgan fingerprint density at radius 1 is 1.12 bits per heavy atom. The van der Waals surface area contributed by atoms with E-state index in [0.717, 1.165) is 35.0 Å². The number of H-pyrrole nitrogens is 1. The molecule has 2 aromatic carbocycles. The van der Waals surface area contributed by atoms with Crippen LogP contribution < -0.4 is 11.1 Å². The number of fused-ring (bicyclic) bond motifs is 1. The summed E-state index contributed by atoms with van der Waals surface area (Å²) in [6, 6.07) is 15.1. The Hall–Kier alpha value is -3.71. The summed E-state index contributed by atoms with van der Waals surface area (Å²) in [6.45, 7) is 2.77. The van der Waals surface area contributed by atoms with Crippen LogP contribution in [-0.4, -0.2) is 28.0 Å². The molecular weight excluding hydrogens is 402 g/mol. The van der Waals surface area contributed by atoms with Gasteiger partial charge in [0.2, 0.25) is 5.82 Å². The van der Waals surface area contributed by atoms with Crippen molar-refractivity contribution in [3.63, 3.8) is 0 Å². The number of aromatic nitrogens is 3. The lowest BCUT2D eigenvalue weighted by molar-refractivity contribution is 0.101. The smallest absolute Gasteiger partial charge is 0.293 e. The molecule has 1 saturated carbocycles. The minimum absolute atomic E-state index is 0.111. The number of benzene rings is 2. The van der Waals surface area contributed by atoms with Crippen LogP contribution in [0.5, 0.6) is 0 Å². The summed E-state index contributed by atoms with van der Waals surface area (Å²) in [6.07, 6.45) is 4.26. The van der Waals surface area contributed by atoms with Crippen LogP contribution in [0.3, 0.4) is 0 Å². The van der Waals surface area contributed by atoms with Crippen molar-refractivity contribution >= 4 is 28.3 Å². The number of carbonyl (C=O) groups is 1. The number of rotatable bonds is 6. The molecule has 0 spiro atoms. The van der Waals surface area contributed by atoms with Crippen molar-refractivity contribution in [1.29, 1.82) is 0 Å². The van der Waals surface area contributed by atoms with Crippen molar-refractivity contribution in [3.8, 4) is 11.3 Å². The zero-order valence-electron chi connectivity index (χ0n) is 18.1. The summed E-state index contributed by atoms with van der Waals surface area (Å²) in [5.74, 6) is -0.253. The van der Waals surface area contributed by atoms with Gasteiger partial charge in [-0.3, -0.25) is 4.79 Å². The molecule has 2 heterocycles. The second kappa shape index (κ2) is 7.76. The normalized spacial score (nSPS) is 14.4. The number of nitrogens with zero attached hydrogens (tertiary/aromatic N) is 2. The summed E-state index contributed by atoms with van der Waals surface area (Å²) in [5.41, 5.74) is 11.9. The van der Waals surface area contributed by atoms with E-state index in [1.165, 1.54) is 5.56 Å². The maximum atomic E-state index is 13.0. The summed E-state index contributed by atoms with van der Waals surface area (Å²) in [7, 11) is 1.65. The molecule has 7 heteroatoms. The van der Waals surface area contributed by atoms with Crippen molar-refractivity contribution < 1.29 is 9.53 Å². The highest BCUT2D eigenvalue weighted by atomic mass is 16.5. The van der Waals surface area contributed by atoms with Crippen LogP contribution in [0, 0.1) is 0 Å². The van der Waals surface area contributed by atoms with Gasteiger partial charge in [-0.05, 0) is 53.6 Å². The van der Waals surface area contributed by atoms with E-state index in [9.17, 15) is 4.79 Å². The van der Waals surface area contributed by atoms with Crippen LogP contribution in [0.2, 0.25) is 0 Å². The minimum atomic E-state index is -0.364. The third-order valence-electron chi connectivity index (χ3n) is 6.09. The number of carbonyl (C=O) groups excluding carboxylic acids is 1. The Morgan fingerprint density at radius 3 is 2.50 bits per heavy atom. The van der Waals surface area contributed by atoms with Gasteiger partial charge in [0.25, 0.3) is 5.91 Å². The van der Waals surface area contributed by atoms with Crippen molar-refractivity contribution in [2.24, 2.45) is 0 Å². The molecule has 0 radical (unpaired) electrons. The second-order valence-electron chi connectivity index (χ2n) is 8.59. The molecular formula is C25H25N5O2. The first kappa shape index (κ1) is 20.2. The molecule has 5 rings (SSSR count). The monoisotopic (exact) mass is 427 g/mol. The molecule has 32 heavy (non-hydrogen) atoms. The van der Waals surface area contributed by atoms with E-state index in [1.54, 1.807) is 7.11 Å². The van der Waals surface area contributed by atoms with E-state index in [4.69, 9.17) is 15.5 Å². The summed E-state index contributed by atoms with van der Waals surface area (Å²) >= 11 is 0. The van der Waals surface area contributed by atoms with E-state index in [-0.39, 0.29) is 17.1 Å². The molecule has 0 bridgehead atoms. The first-order valence-corrected chi connectivity index (χ1v) is 10.6. The topological polar surface area (TPSA) is 106 Å². The SMILES string of the molecule is COCc1ccc(NC(=O)c2nc(-c3ccc(N)cc3)c3c(C4(C)CC4)c[nH]c3n2)cc1. The van der Waals surface area contributed by atoms with Crippen LogP contribution in [-0.2, 0) is 16.8 Å². The fourth-order valence-corrected chi connectivity index (χ4v) is 3.96. The highest BCUT2D eigenvalue weighted by Gasteiger charge is 2.41. The standard InChI is InChI=1S/C25H25N5O2/c1-25(11-12-25)19-13-27-22-20(19)21(16-5-7-17(26)8-6-16)29-23(30-22)24(31)28-18-9-3-15(4-10-18)14-32-2/h3-10,13H,11-12,14,26H2,1-2H3,(H,28,31)(H,27,29,30). The van der Waals surface area contributed by atoms with Crippen molar-refractivity contribution in [2.75, 3.05) is 18.2 Å². The first-order chi connectivity index (χ1) is 15.5. The average Bonchev–Trinajstić information content (AvgIpc) is 3.38. The molecule has 162 valence electrons. The fourth-order valence-electron chi connectivity index (χ4n) is 3.96. The molecule has 4 N–H and O–H groups in total. The lowest BCUT2D eigenvalue weighted by Gasteiger charge is -2.12. The van der Waals surface area contributed by atoms with E-state index in [1.807, 2.05) is 54.7 Å². The van der Waals surface area contributed by atoms with E-state index >= 15 is 0 Å². The maximum absolute atomic E-state index is 13.0. The van der Waals surface area contributed by atoms with Gasteiger partial charge in [-0.25, -0.2) is 9.97 Å². The molecule has 0 atom stereocenters. The van der Waals surface area contributed by atoms with Gasteiger partial charge in [0.05, 0.1) is 12.3 Å². The molecule has 0 saturated heterocycles. The number of amides is 1. The number of nitrogen functional groups attached to an aromatic ring is 1. The average molecular weight is 428 g/mol. The zero-order chi connectivity index (χ0) is 22.3. The number of ether oxygens (including phenoxy) is 1. The number of anilines is 2. The molecule has 0 unspecified atom stereocenters. The van der Waals surface area contributed by atoms with Crippen LogP contribution in [0.25, 0.3) is 22.3 Å². The van der Waals surface area contributed by atoms with Crippen LogP contribution in [0.4, 0.5) is 11.4 Å². The number of hydrogen-bond acceptors (Lipinski definition) is 5. The molecule has 1 amide bonds. The Bertz CT molecular complexity index is 1290. The van der Waals surface area contributed by atoms with Crippen LogP contribution in [0.15, 0.2) is 54.7 Å². The maximum Gasteiger partial charge on any atom is 0.293 e. The van der Waals surface area contributed by atoms with E-state index in [0.29, 0.717) is 23.6 Å². The van der Waals surface area contributed by atoms with Crippen molar-refractivity contribution in [3.05, 3.63) is 71.7 Å². The van der Waals surface area contributed by atoms with E-state index in [2.05, 4.69) is 22.2 Å². The lowest BCUT2D eigenvalue weighted by Crippen LogP contribution is -2.16. The molecule has 4 aromatic rings. The Kier molecular flexibility index (Phi) is 4.90. The number of hydrogen-bond donors (Lipinski definition) is 3. The predicted octanol–water partition coefficient (Wildman–Crippen LogP) is 4.66. The number of methoxy groups -OCH3 is 1. The number of nitrogens with two attached hydrogens (primary N) is 1. The fraction of sp³-hybridized carbons (Fsp3) is 0.240. The Morgan fingerprint density at radius 2 is 1.84 bits per heavy atom. The summed E-state index contributed by atoms with van der Waals surface area (Å²) in [4.78, 5) is 25.6. The summed E-state index contributed by atoms with van der Waals surface area (Å²) < 4.78 is 5.13. The molecule has 1 fully saturated rings. The largest absolute Gasteiger partial charge is 0.399 e. The molecule has 7 nitrogen and oxygen atoms in total. The Labute approximate surface area is 186 Å². The van der Waals surface area contributed by atoms with Gasteiger partial charge in [-0.2, -0.15) is 0 Å². The van der Waals surface area contributed by atoms with Gasteiger partial charge >= 0.3 is 0 Å². The highest BCUT2D eigenvalue weighted by molar-refractivity contribution is 6.04. The van der Waals surface area contributed by atoms with Gasteiger partial charge in [-0.1, -0.05) is 31.2 Å². The van der Waals surface area contributed by atoms with Gasteiger partial charge in [-0.15, -0.1) is 0 Å². The van der Waals surface area contributed by atoms with Gasteiger partial charge < -0.3 is 20.8 Å². The third kappa shape index (κ3) is 3.71. The molecule has 1 aliphatic carbocycles. The molecule has 2 aromatic heterocycles. The van der Waals surface area contributed by atoms with Gasteiger partial charge in [0.1, 0.15) is 5.65 Å². The minimum Gasteiger partial charge on any atom is -0.399 e. The molecule has 1 aliphatic rings. The number of nitrogens with one attached hydrogen (secondary N) is 2. The first-order valence-electron chi connectivity index (χ1n) is 10.6. The highest BCUT2D eigenvalue weighted by Crippen LogP contribution is 2.50. The third-order valence-corrected chi connectivity index (χ3v) is 6.09. The van der Waals surface area contributed by atoms with Crippen molar-refractivity contribution in [1.82, 2.24) is 15.0 Å².